The number of sulfonamides is 1. The molecule has 0 aromatic carbocycles. The van der Waals surface area contributed by atoms with E-state index in [0.29, 0.717) is 0 Å². The lowest BCUT2D eigenvalue weighted by Crippen LogP contribution is -2.45. The van der Waals surface area contributed by atoms with Crippen LogP contribution in [0.25, 0.3) is 0 Å². The van der Waals surface area contributed by atoms with Gasteiger partial charge in [0.05, 0.1) is 0 Å². The molecule has 2 atom stereocenters. The lowest BCUT2D eigenvalue weighted by molar-refractivity contribution is -0.140. The zero-order chi connectivity index (χ0) is 18.7. The summed E-state index contributed by atoms with van der Waals surface area (Å²) < 4.78 is 27.5. The van der Waals surface area contributed by atoms with Crippen molar-refractivity contribution in [2.24, 2.45) is 5.14 Å². The van der Waals surface area contributed by atoms with Gasteiger partial charge in [-0.1, -0.05) is 0 Å². The summed E-state index contributed by atoms with van der Waals surface area (Å²) in [4.78, 5) is 35.9. The van der Waals surface area contributed by atoms with Crippen LogP contribution in [0.3, 0.4) is 0 Å². The molecule has 0 spiro atoms. The molecule has 10 nitrogen and oxygen atoms in total. The number of likely N-dealkylation sites (tertiary alicyclic amines) is 1. The van der Waals surface area contributed by atoms with Crippen LogP contribution in [0.15, 0.2) is 0 Å². The number of aliphatic carboxylic acids is 1. The van der Waals surface area contributed by atoms with Crippen molar-refractivity contribution in [2.75, 3.05) is 13.1 Å². The van der Waals surface area contributed by atoms with Crippen LogP contribution in [-0.2, 0) is 24.3 Å². The van der Waals surface area contributed by atoms with Crippen molar-refractivity contribution in [1.29, 1.82) is 0 Å². The van der Waals surface area contributed by atoms with Crippen molar-refractivity contribution < 1.29 is 32.6 Å². The molecule has 0 bridgehead atoms. The fourth-order valence-electron chi connectivity index (χ4n) is 2.16. The molecule has 1 saturated heterocycles. The first kappa shape index (κ1) is 20.2. The van der Waals surface area contributed by atoms with Gasteiger partial charge in [0, 0.05) is 19.5 Å². The number of carbonyl (C=O) groups excluding carboxylic acids is 2. The van der Waals surface area contributed by atoms with Gasteiger partial charge in [0.15, 0.2) is 0 Å². The summed E-state index contributed by atoms with van der Waals surface area (Å²) in [6.07, 6.45) is -1.20. The summed E-state index contributed by atoms with van der Waals surface area (Å²) in [5.74, 6) is -1.70. The smallest absolute Gasteiger partial charge is 0.408 e. The molecule has 1 unspecified atom stereocenters. The maximum Gasteiger partial charge on any atom is 0.408 e. The molecule has 0 aromatic heterocycles. The molecule has 1 fully saturated rings. The highest BCUT2D eigenvalue weighted by atomic mass is 32.2. The predicted octanol–water partition coefficient (Wildman–Crippen LogP) is -0.756. The fourth-order valence-corrected chi connectivity index (χ4v) is 2.93. The third-order valence-corrected chi connectivity index (χ3v) is 4.57. The van der Waals surface area contributed by atoms with Crippen LogP contribution < -0.4 is 10.5 Å². The molecule has 1 heterocycles. The van der Waals surface area contributed by atoms with E-state index in [1.54, 1.807) is 20.8 Å². The summed E-state index contributed by atoms with van der Waals surface area (Å²) in [5, 5.41) is 15.4. The van der Waals surface area contributed by atoms with Crippen molar-refractivity contribution in [1.82, 2.24) is 10.2 Å². The van der Waals surface area contributed by atoms with Crippen LogP contribution in [-0.4, -0.2) is 66.4 Å². The summed E-state index contributed by atoms with van der Waals surface area (Å²) in [5.41, 5.74) is -0.777. The minimum atomic E-state index is -3.83. The van der Waals surface area contributed by atoms with Crippen LogP contribution in [0.4, 0.5) is 4.79 Å². The molecule has 1 aliphatic heterocycles. The van der Waals surface area contributed by atoms with Crippen molar-refractivity contribution in [3.8, 4) is 0 Å². The normalized spacial score (nSPS) is 19.9. The fraction of sp³-hybridized carbons (Fsp3) is 0.769. The van der Waals surface area contributed by atoms with Crippen LogP contribution in [0.5, 0.6) is 0 Å². The molecule has 0 radical (unpaired) electrons. The number of amides is 2. The van der Waals surface area contributed by atoms with Crippen molar-refractivity contribution in [3.63, 3.8) is 0 Å². The monoisotopic (exact) mass is 365 g/mol. The lowest BCUT2D eigenvalue weighted by atomic mass is 10.2. The van der Waals surface area contributed by atoms with E-state index in [9.17, 15) is 22.8 Å². The van der Waals surface area contributed by atoms with Crippen molar-refractivity contribution in [2.45, 2.75) is 50.5 Å². The average Bonchev–Trinajstić information content (AvgIpc) is 2.73. The summed E-state index contributed by atoms with van der Waals surface area (Å²) in [6.45, 7) is 4.81. The number of ether oxygens (including phenoxy) is 1. The maximum atomic E-state index is 11.8. The topological polar surface area (TPSA) is 156 Å². The van der Waals surface area contributed by atoms with E-state index in [4.69, 9.17) is 15.0 Å². The Labute approximate surface area is 140 Å². The molecule has 24 heavy (non-hydrogen) atoms. The van der Waals surface area contributed by atoms with Gasteiger partial charge in [0.25, 0.3) is 0 Å². The van der Waals surface area contributed by atoms with Crippen LogP contribution in [0.1, 0.15) is 33.6 Å². The van der Waals surface area contributed by atoms with Gasteiger partial charge in [-0.15, -0.1) is 0 Å². The molecule has 1 aliphatic rings. The average molecular weight is 365 g/mol. The van der Waals surface area contributed by atoms with Crippen LogP contribution >= 0.6 is 0 Å². The van der Waals surface area contributed by atoms with Crippen molar-refractivity contribution in [3.05, 3.63) is 0 Å². The van der Waals surface area contributed by atoms with Gasteiger partial charge in [0.1, 0.15) is 16.9 Å². The number of alkyl carbamates (subject to hydrolysis) is 1. The number of carbonyl (C=O) groups is 3. The van der Waals surface area contributed by atoms with Gasteiger partial charge >= 0.3 is 12.1 Å². The third kappa shape index (κ3) is 6.32. The van der Waals surface area contributed by atoms with E-state index in [1.807, 2.05) is 0 Å². The highest BCUT2D eigenvalue weighted by Gasteiger charge is 2.37. The zero-order valence-corrected chi connectivity index (χ0v) is 14.6. The number of hydrogen-bond acceptors (Lipinski definition) is 6. The standard InChI is InChI=1S/C13H23N3O7S/c1-13(2,3)23-12(20)15-9(11(18)19)4-5-16-7-8(6-10(16)17)24(14,21)22/h8-9H,4-7H2,1-3H3,(H,15,20)(H,18,19)(H2,14,21,22)/t8?,9-/m0/s1. The number of nitrogens with zero attached hydrogens (tertiary/aromatic N) is 1. The molecular weight excluding hydrogens is 342 g/mol. The first-order valence-electron chi connectivity index (χ1n) is 7.31. The minimum Gasteiger partial charge on any atom is -0.480 e. The summed E-state index contributed by atoms with van der Waals surface area (Å²) in [6, 6.07) is -1.26. The van der Waals surface area contributed by atoms with Gasteiger partial charge in [0.2, 0.25) is 15.9 Å². The van der Waals surface area contributed by atoms with Gasteiger partial charge in [-0.25, -0.2) is 23.1 Å². The minimum absolute atomic E-state index is 0.0163. The first-order chi connectivity index (χ1) is 10.8. The number of carboxylic acids is 1. The van der Waals surface area contributed by atoms with Crippen LogP contribution in [0, 0.1) is 0 Å². The largest absolute Gasteiger partial charge is 0.480 e. The Morgan fingerprint density at radius 2 is 2.04 bits per heavy atom. The van der Waals surface area contributed by atoms with E-state index >= 15 is 0 Å². The Hall–Kier alpha value is -1.88. The van der Waals surface area contributed by atoms with Crippen LogP contribution in [0.2, 0.25) is 0 Å². The first-order valence-corrected chi connectivity index (χ1v) is 8.92. The quantitative estimate of drug-likeness (QED) is 0.558. The molecule has 0 aliphatic carbocycles. The van der Waals surface area contributed by atoms with Gasteiger partial charge in [-0.05, 0) is 27.2 Å². The predicted molar refractivity (Wildman–Crippen MR) is 83.5 cm³/mol. The number of primary sulfonamides is 1. The number of rotatable bonds is 6. The molecule has 138 valence electrons. The Kier molecular flexibility index (Phi) is 6.17. The maximum absolute atomic E-state index is 11.8. The Morgan fingerprint density at radius 1 is 1.46 bits per heavy atom. The van der Waals surface area contributed by atoms with Gasteiger partial charge < -0.3 is 20.1 Å². The zero-order valence-electron chi connectivity index (χ0n) is 13.8. The lowest BCUT2D eigenvalue weighted by Gasteiger charge is -2.23. The second-order valence-electron chi connectivity index (χ2n) is 6.58. The number of nitrogens with two attached hydrogens (primary N) is 1. The molecule has 0 aromatic rings. The number of nitrogens with one attached hydrogen (secondary N) is 1. The number of carboxylic acid groups (broad SMARTS) is 1. The SMILES string of the molecule is CC(C)(C)OC(=O)N[C@@H](CCN1CC(S(N)(=O)=O)CC1=O)C(=O)O. The highest BCUT2D eigenvalue weighted by molar-refractivity contribution is 7.89. The summed E-state index contributed by atoms with van der Waals surface area (Å²) >= 11 is 0. The second kappa shape index (κ2) is 7.34. The van der Waals surface area contributed by atoms with E-state index in [-0.39, 0.29) is 25.9 Å². The number of hydrogen-bond donors (Lipinski definition) is 3. The highest BCUT2D eigenvalue weighted by Crippen LogP contribution is 2.17. The molecule has 4 N–H and O–H groups in total. The Bertz CT molecular complexity index is 612. The van der Waals surface area contributed by atoms with E-state index < -0.39 is 44.9 Å². The second-order valence-corrected chi connectivity index (χ2v) is 8.43. The summed E-state index contributed by atoms with van der Waals surface area (Å²) in [7, 11) is -3.83. The van der Waals surface area contributed by atoms with E-state index in [2.05, 4.69) is 5.32 Å². The van der Waals surface area contributed by atoms with Gasteiger partial charge in [-0.2, -0.15) is 0 Å². The van der Waals surface area contributed by atoms with Gasteiger partial charge in [-0.3, -0.25) is 4.79 Å². The Morgan fingerprint density at radius 3 is 2.46 bits per heavy atom. The van der Waals surface area contributed by atoms with E-state index in [1.165, 1.54) is 4.90 Å². The molecule has 2 amide bonds. The molecular formula is C13H23N3O7S. The Balaban J connectivity index is 2.60. The molecule has 11 heteroatoms. The molecule has 1 rings (SSSR count). The van der Waals surface area contributed by atoms with Crippen molar-refractivity contribution >= 4 is 28.0 Å². The molecule has 0 saturated carbocycles. The third-order valence-electron chi connectivity index (χ3n) is 3.32. The van der Waals surface area contributed by atoms with E-state index in [0.717, 1.165) is 0 Å².